The monoisotopic (exact) mass is 427 g/mol. The van der Waals surface area contributed by atoms with Crippen LogP contribution in [0.2, 0.25) is 5.28 Å². The minimum atomic E-state index is -1.08. The summed E-state index contributed by atoms with van der Waals surface area (Å²) >= 11 is 5.89. The number of halogens is 1. The van der Waals surface area contributed by atoms with Crippen molar-refractivity contribution >= 4 is 46.5 Å². The van der Waals surface area contributed by atoms with Gasteiger partial charge in [0.1, 0.15) is 18.2 Å². The predicted octanol–water partition coefficient (Wildman–Crippen LogP) is 0.386. The molecule has 0 unspecified atom stereocenters. The molecule has 2 aromatic rings. The SMILES string of the molecule is CC(=O)OC[C@H]1O[C@@H](n2cnc3c(N)nc(Cl)nc32)[C@@H](OC(C)=O)[C@H]1OC(C)=O. The van der Waals surface area contributed by atoms with Crippen LogP contribution in [0.15, 0.2) is 6.33 Å². The van der Waals surface area contributed by atoms with Gasteiger partial charge in [-0.05, 0) is 11.6 Å². The first-order valence-electron chi connectivity index (χ1n) is 8.46. The van der Waals surface area contributed by atoms with Gasteiger partial charge in [0.2, 0.25) is 5.28 Å². The Hall–Kier alpha value is -2.99. The standard InChI is InChI=1S/C16H18ClN5O7/c1-6(23)26-4-9-11(27-7(2)24)12(28-8(3)25)15(29-9)22-5-19-10-13(18)20-16(17)21-14(10)22/h5,9,11-12,15H,4H2,1-3H3,(H2,18,20,21)/t9-,11+,12+,15-/m1/s1. The van der Waals surface area contributed by atoms with Crippen molar-refractivity contribution in [2.75, 3.05) is 12.3 Å². The van der Waals surface area contributed by atoms with E-state index in [4.69, 9.17) is 36.3 Å². The number of nitrogens with zero attached hydrogens (tertiary/aromatic N) is 4. The van der Waals surface area contributed by atoms with Crippen LogP contribution in [-0.2, 0) is 33.3 Å². The molecule has 0 radical (unpaired) electrons. The molecule has 0 saturated carbocycles. The number of nitrogens with two attached hydrogens (primary N) is 1. The molecule has 2 aromatic heterocycles. The fourth-order valence-electron chi connectivity index (χ4n) is 3.01. The summed E-state index contributed by atoms with van der Waals surface area (Å²) in [5.41, 5.74) is 6.30. The van der Waals surface area contributed by atoms with Gasteiger partial charge in [-0.15, -0.1) is 0 Å². The van der Waals surface area contributed by atoms with Gasteiger partial charge < -0.3 is 24.7 Å². The van der Waals surface area contributed by atoms with E-state index in [2.05, 4.69) is 15.0 Å². The molecule has 1 saturated heterocycles. The second kappa shape index (κ2) is 8.17. The molecule has 13 heteroatoms. The highest BCUT2D eigenvalue weighted by molar-refractivity contribution is 6.28. The lowest BCUT2D eigenvalue weighted by Crippen LogP contribution is -2.40. The van der Waals surface area contributed by atoms with Gasteiger partial charge in [0, 0.05) is 20.8 Å². The van der Waals surface area contributed by atoms with Crippen LogP contribution >= 0.6 is 11.6 Å². The van der Waals surface area contributed by atoms with Crippen molar-refractivity contribution in [2.24, 2.45) is 0 Å². The van der Waals surface area contributed by atoms with Crippen LogP contribution in [0.25, 0.3) is 11.2 Å². The van der Waals surface area contributed by atoms with E-state index in [0.717, 1.165) is 0 Å². The maximum Gasteiger partial charge on any atom is 0.303 e. The summed E-state index contributed by atoms with van der Waals surface area (Å²) in [4.78, 5) is 46.6. The predicted molar refractivity (Wildman–Crippen MR) is 96.4 cm³/mol. The van der Waals surface area contributed by atoms with Crippen LogP contribution in [0.3, 0.4) is 0 Å². The third-order valence-corrected chi connectivity index (χ3v) is 4.20. The van der Waals surface area contributed by atoms with Gasteiger partial charge in [-0.3, -0.25) is 19.0 Å². The van der Waals surface area contributed by atoms with Crippen molar-refractivity contribution in [1.29, 1.82) is 0 Å². The third kappa shape index (κ3) is 4.38. The number of hydrogen-bond donors (Lipinski definition) is 1. The van der Waals surface area contributed by atoms with E-state index in [1.54, 1.807) is 0 Å². The van der Waals surface area contributed by atoms with Crippen LogP contribution in [0.1, 0.15) is 27.0 Å². The minimum Gasteiger partial charge on any atom is -0.463 e. The highest BCUT2D eigenvalue weighted by atomic mass is 35.5. The number of esters is 3. The highest BCUT2D eigenvalue weighted by Gasteiger charge is 2.51. The molecule has 1 aliphatic heterocycles. The van der Waals surface area contributed by atoms with E-state index in [1.165, 1.54) is 31.7 Å². The quantitative estimate of drug-likeness (QED) is 0.399. The number of carbonyl (C=O) groups excluding carboxylic acids is 3. The first-order valence-corrected chi connectivity index (χ1v) is 8.84. The normalized spacial score (nSPS) is 23.7. The summed E-state index contributed by atoms with van der Waals surface area (Å²) in [5.74, 6) is -1.77. The largest absolute Gasteiger partial charge is 0.463 e. The lowest BCUT2D eigenvalue weighted by molar-refractivity contribution is -0.166. The van der Waals surface area contributed by atoms with E-state index in [0.29, 0.717) is 0 Å². The summed E-state index contributed by atoms with van der Waals surface area (Å²) in [6.45, 7) is 3.39. The van der Waals surface area contributed by atoms with E-state index < -0.39 is 42.4 Å². The van der Waals surface area contributed by atoms with Crippen molar-refractivity contribution in [3.8, 4) is 0 Å². The number of imidazole rings is 1. The summed E-state index contributed by atoms with van der Waals surface area (Å²) < 4.78 is 23.0. The van der Waals surface area contributed by atoms with Crippen LogP contribution in [-0.4, -0.2) is 62.3 Å². The first-order chi connectivity index (χ1) is 13.7. The number of fused-ring (bicyclic) bond motifs is 1. The van der Waals surface area contributed by atoms with Gasteiger partial charge in [0.05, 0.1) is 6.33 Å². The Bertz CT molecular complexity index is 965. The lowest BCUT2D eigenvalue weighted by atomic mass is 10.1. The molecule has 2 N–H and O–H groups in total. The number of anilines is 1. The fraction of sp³-hybridized carbons (Fsp3) is 0.500. The Morgan fingerprint density at radius 1 is 1.14 bits per heavy atom. The number of ether oxygens (including phenoxy) is 4. The van der Waals surface area contributed by atoms with Crippen molar-refractivity contribution in [2.45, 2.75) is 45.3 Å². The Morgan fingerprint density at radius 3 is 2.41 bits per heavy atom. The van der Waals surface area contributed by atoms with Gasteiger partial charge in [0.25, 0.3) is 0 Å². The van der Waals surface area contributed by atoms with Crippen LogP contribution < -0.4 is 5.73 Å². The van der Waals surface area contributed by atoms with E-state index in [1.807, 2.05) is 0 Å². The second-order valence-electron chi connectivity index (χ2n) is 6.22. The summed E-state index contributed by atoms with van der Waals surface area (Å²) in [6, 6.07) is 0. The summed E-state index contributed by atoms with van der Waals surface area (Å²) in [5, 5.41) is -0.119. The molecule has 0 aromatic carbocycles. The molecule has 0 aliphatic carbocycles. The third-order valence-electron chi connectivity index (χ3n) is 4.04. The van der Waals surface area contributed by atoms with Gasteiger partial charge in [0.15, 0.2) is 29.9 Å². The van der Waals surface area contributed by atoms with Crippen LogP contribution in [0.5, 0.6) is 0 Å². The molecule has 0 amide bonds. The number of rotatable bonds is 5. The number of aromatic nitrogens is 4. The molecule has 0 bridgehead atoms. The molecule has 0 spiro atoms. The molecule has 29 heavy (non-hydrogen) atoms. The molecule has 4 atom stereocenters. The second-order valence-corrected chi connectivity index (χ2v) is 6.56. The number of carbonyl (C=O) groups is 3. The Morgan fingerprint density at radius 2 is 1.79 bits per heavy atom. The Balaban J connectivity index is 2.04. The summed E-state index contributed by atoms with van der Waals surface area (Å²) in [7, 11) is 0. The molecule has 12 nitrogen and oxygen atoms in total. The molecule has 156 valence electrons. The van der Waals surface area contributed by atoms with Gasteiger partial charge in [-0.1, -0.05) is 0 Å². The molecule has 1 fully saturated rings. The zero-order valence-corrected chi connectivity index (χ0v) is 16.5. The zero-order chi connectivity index (χ0) is 21.3. The van der Waals surface area contributed by atoms with Crippen LogP contribution in [0, 0.1) is 0 Å². The molecular weight excluding hydrogens is 410 g/mol. The highest BCUT2D eigenvalue weighted by Crippen LogP contribution is 2.36. The maximum absolute atomic E-state index is 11.7. The van der Waals surface area contributed by atoms with E-state index >= 15 is 0 Å². The average Bonchev–Trinajstić information content (AvgIpc) is 3.15. The smallest absolute Gasteiger partial charge is 0.303 e. The lowest BCUT2D eigenvalue weighted by Gasteiger charge is -2.23. The molecular formula is C16H18ClN5O7. The van der Waals surface area contributed by atoms with Gasteiger partial charge >= 0.3 is 17.9 Å². The number of hydrogen-bond acceptors (Lipinski definition) is 11. The molecule has 3 rings (SSSR count). The van der Waals surface area contributed by atoms with Crippen molar-refractivity contribution in [3.63, 3.8) is 0 Å². The Kier molecular flexibility index (Phi) is 5.84. The van der Waals surface area contributed by atoms with Crippen molar-refractivity contribution < 1.29 is 33.3 Å². The maximum atomic E-state index is 11.7. The Labute approximate surface area is 169 Å². The number of nitrogen functional groups attached to an aromatic ring is 1. The van der Waals surface area contributed by atoms with Gasteiger partial charge in [-0.2, -0.15) is 9.97 Å². The van der Waals surface area contributed by atoms with E-state index in [-0.39, 0.29) is 28.9 Å². The average molecular weight is 428 g/mol. The van der Waals surface area contributed by atoms with Gasteiger partial charge in [-0.25, -0.2) is 4.98 Å². The minimum absolute atomic E-state index is 0.0498. The summed E-state index contributed by atoms with van der Waals surface area (Å²) in [6.07, 6.45) is -2.70. The fourth-order valence-corrected chi connectivity index (χ4v) is 3.18. The molecule has 3 heterocycles. The van der Waals surface area contributed by atoms with Crippen molar-refractivity contribution in [3.05, 3.63) is 11.6 Å². The van der Waals surface area contributed by atoms with Crippen LogP contribution in [0.4, 0.5) is 5.82 Å². The first kappa shape index (κ1) is 20.7. The van der Waals surface area contributed by atoms with Crippen molar-refractivity contribution in [1.82, 2.24) is 19.5 Å². The topological polar surface area (TPSA) is 158 Å². The van der Waals surface area contributed by atoms with E-state index in [9.17, 15) is 14.4 Å². The molecule has 1 aliphatic rings. The zero-order valence-electron chi connectivity index (χ0n) is 15.7.